The number of hydrogen-bond donors (Lipinski definition) is 3. The van der Waals surface area contributed by atoms with E-state index >= 15 is 0 Å². The Morgan fingerprint density at radius 1 is 1.07 bits per heavy atom. The van der Waals surface area contributed by atoms with Gasteiger partial charge in [-0.15, -0.1) is 0 Å². The van der Waals surface area contributed by atoms with Gasteiger partial charge in [-0.05, 0) is 17.9 Å². The van der Waals surface area contributed by atoms with Crippen LogP contribution in [0.15, 0.2) is 48.9 Å². The van der Waals surface area contributed by atoms with Crippen molar-refractivity contribution >= 4 is 36.8 Å². The zero-order valence-electron chi connectivity index (χ0n) is 23.4. The first-order valence-electron chi connectivity index (χ1n) is 13.1. The second kappa shape index (κ2) is 13.8. The molecule has 0 bridgehead atoms. The van der Waals surface area contributed by atoms with Crippen LogP contribution < -0.4 is 10.6 Å². The molecule has 3 rings (SSSR count). The fraction of sp³-hybridized carbons (Fsp3) is 0.444. The largest absolute Gasteiger partial charge is 0.552 e. The van der Waals surface area contributed by atoms with Crippen LogP contribution in [0.3, 0.4) is 0 Å². The molecule has 13 nitrogen and oxygen atoms in total. The summed E-state index contributed by atoms with van der Waals surface area (Å²) in [6.45, 7) is 3.76. The van der Waals surface area contributed by atoms with Crippen LogP contribution in [0.5, 0.6) is 0 Å². The molecule has 3 amide bonds. The van der Waals surface area contributed by atoms with Crippen LogP contribution in [-0.2, 0) is 34.9 Å². The van der Waals surface area contributed by atoms with Gasteiger partial charge in [0.1, 0.15) is 11.7 Å². The van der Waals surface area contributed by atoms with Gasteiger partial charge in [-0.1, -0.05) is 44.2 Å². The van der Waals surface area contributed by atoms with Gasteiger partial charge in [0.25, 0.3) is 5.91 Å². The maximum atomic E-state index is 13.6. The summed E-state index contributed by atoms with van der Waals surface area (Å²) in [5, 5.41) is 15.0. The predicted molar refractivity (Wildman–Crippen MR) is 146 cm³/mol. The topological polar surface area (TPSA) is 177 Å². The van der Waals surface area contributed by atoms with E-state index in [1.54, 1.807) is 12.1 Å². The Hall–Kier alpha value is -4.33. The molecule has 1 aliphatic heterocycles. The molecule has 41 heavy (non-hydrogen) atoms. The Morgan fingerprint density at radius 2 is 1.78 bits per heavy atom. The minimum Gasteiger partial charge on any atom is -0.506 e. The van der Waals surface area contributed by atoms with E-state index in [4.69, 9.17) is 9.31 Å². The molecule has 2 unspecified atom stereocenters. The first-order chi connectivity index (χ1) is 19.4. The molecule has 2 heterocycles. The number of hydrogen-bond acceptors (Lipinski definition) is 9. The first-order valence-corrected chi connectivity index (χ1v) is 13.1. The molecule has 1 fully saturated rings. The quantitative estimate of drug-likeness (QED) is 0.291. The molecule has 0 saturated carbocycles. The fourth-order valence-electron chi connectivity index (χ4n) is 4.35. The third kappa shape index (κ3) is 8.58. The summed E-state index contributed by atoms with van der Waals surface area (Å²) in [4.78, 5) is 72.7. The smallest absolute Gasteiger partial charge is 0.506 e. The Bertz CT molecular complexity index is 1250. The highest BCUT2D eigenvalue weighted by Crippen LogP contribution is 2.33. The number of carboxylic acid groups (broad SMARTS) is 1. The molecule has 0 spiro atoms. The molecular weight excluding hydrogens is 533 g/mol. The van der Waals surface area contributed by atoms with Gasteiger partial charge in [0.2, 0.25) is 11.8 Å². The third-order valence-electron chi connectivity index (χ3n) is 6.39. The summed E-state index contributed by atoms with van der Waals surface area (Å²) in [7, 11) is 1.58. The Kier molecular flexibility index (Phi) is 10.5. The molecular formula is C27H34BN5O8. The monoisotopic (exact) mass is 567 g/mol. The second-order valence-corrected chi connectivity index (χ2v) is 10.5. The molecule has 3 atom stereocenters. The minimum atomic E-state index is -2.05. The van der Waals surface area contributed by atoms with Gasteiger partial charge in [0, 0.05) is 32.9 Å². The second-order valence-electron chi connectivity index (χ2n) is 10.5. The van der Waals surface area contributed by atoms with Crippen molar-refractivity contribution in [2.75, 3.05) is 14.1 Å². The number of nitrogens with zero attached hydrogens (tertiary/aromatic N) is 3. The SMILES string of the molecule is CC(C)CC(NC(=O)C(Cc1ccccc1)NC(=O)c1cnccn1)B1OC(=O)[C@](CC(=O)O)(CC(=O)N(C)C)O1. The lowest BCUT2D eigenvalue weighted by Gasteiger charge is -2.27. The molecule has 0 aliphatic carbocycles. The van der Waals surface area contributed by atoms with E-state index < -0.39 is 67.2 Å². The van der Waals surface area contributed by atoms with Gasteiger partial charge in [0.15, 0.2) is 5.60 Å². The Labute approximate surface area is 238 Å². The van der Waals surface area contributed by atoms with Crippen molar-refractivity contribution in [3.63, 3.8) is 0 Å². The van der Waals surface area contributed by atoms with Crippen molar-refractivity contribution < 1.29 is 38.4 Å². The lowest BCUT2D eigenvalue weighted by molar-refractivity contribution is -0.155. The van der Waals surface area contributed by atoms with E-state index in [9.17, 15) is 29.1 Å². The molecule has 3 N–H and O–H groups in total. The Balaban J connectivity index is 1.86. The van der Waals surface area contributed by atoms with Crippen LogP contribution in [-0.4, -0.2) is 88.4 Å². The average Bonchev–Trinajstić information content (AvgIpc) is 3.23. The van der Waals surface area contributed by atoms with Gasteiger partial charge in [-0.3, -0.25) is 29.0 Å². The number of rotatable bonds is 13. The number of aromatic nitrogens is 2. The fourth-order valence-corrected chi connectivity index (χ4v) is 4.35. The highest BCUT2D eigenvalue weighted by atomic mass is 16.7. The van der Waals surface area contributed by atoms with E-state index in [2.05, 4.69) is 20.6 Å². The number of aliphatic carboxylic acids is 1. The maximum Gasteiger partial charge on any atom is 0.552 e. The van der Waals surface area contributed by atoms with Crippen LogP contribution in [0.4, 0.5) is 0 Å². The number of carbonyl (C=O) groups is 5. The van der Waals surface area contributed by atoms with Crippen molar-refractivity contribution in [2.24, 2.45) is 5.92 Å². The highest BCUT2D eigenvalue weighted by molar-refractivity contribution is 6.51. The normalized spacial score (nSPS) is 17.9. The van der Waals surface area contributed by atoms with E-state index in [0.717, 1.165) is 5.56 Å². The molecule has 218 valence electrons. The van der Waals surface area contributed by atoms with Crippen LogP contribution in [0, 0.1) is 5.92 Å². The number of carbonyl (C=O) groups excluding carboxylic acids is 4. The van der Waals surface area contributed by atoms with Crippen LogP contribution >= 0.6 is 0 Å². The van der Waals surface area contributed by atoms with Crippen molar-refractivity contribution in [1.29, 1.82) is 0 Å². The van der Waals surface area contributed by atoms with E-state index in [0.29, 0.717) is 0 Å². The van der Waals surface area contributed by atoms with E-state index in [1.165, 1.54) is 37.6 Å². The van der Waals surface area contributed by atoms with Crippen molar-refractivity contribution in [3.05, 3.63) is 60.2 Å². The predicted octanol–water partition coefficient (Wildman–Crippen LogP) is 0.641. The van der Waals surface area contributed by atoms with Crippen LogP contribution in [0.25, 0.3) is 0 Å². The number of benzene rings is 1. The Morgan fingerprint density at radius 3 is 2.37 bits per heavy atom. The van der Waals surface area contributed by atoms with Crippen molar-refractivity contribution in [2.45, 2.75) is 57.1 Å². The summed E-state index contributed by atoms with van der Waals surface area (Å²) in [6, 6.07) is 8.00. The first kappa shape index (κ1) is 31.2. The van der Waals surface area contributed by atoms with Crippen LogP contribution in [0.2, 0.25) is 0 Å². The molecule has 14 heteroatoms. The number of amides is 3. The molecule has 1 aliphatic rings. The lowest BCUT2D eigenvalue weighted by Crippen LogP contribution is -2.56. The number of carboxylic acids is 1. The van der Waals surface area contributed by atoms with Crippen molar-refractivity contribution in [3.8, 4) is 0 Å². The molecule has 2 aromatic rings. The zero-order chi connectivity index (χ0) is 30.2. The number of nitrogens with one attached hydrogen (secondary N) is 2. The summed E-state index contributed by atoms with van der Waals surface area (Å²) < 4.78 is 11.3. The minimum absolute atomic E-state index is 0.0118. The van der Waals surface area contributed by atoms with Gasteiger partial charge in [0.05, 0.1) is 25.0 Å². The lowest BCUT2D eigenvalue weighted by atomic mass is 9.73. The molecule has 0 radical (unpaired) electrons. The van der Waals surface area contributed by atoms with Crippen LogP contribution in [0.1, 0.15) is 49.2 Å². The van der Waals surface area contributed by atoms with Gasteiger partial charge >= 0.3 is 19.1 Å². The summed E-state index contributed by atoms with van der Waals surface area (Å²) in [5.41, 5.74) is -1.26. The van der Waals surface area contributed by atoms with E-state index in [-0.39, 0.29) is 24.5 Å². The third-order valence-corrected chi connectivity index (χ3v) is 6.39. The standard InChI is InChI=1S/C27H34BN5O8/c1-17(2)12-21(28-40-26(39)27(41-28,15-23(35)36)14-22(34)33(3)4)32-24(37)19(13-18-8-6-5-7-9-18)31-25(38)20-16-29-10-11-30-20/h5-11,16-17,19,21H,12-15H2,1-4H3,(H,31,38)(H,32,37)(H,35,36)/t19?,21?,27-/m1/s1. The summed E-state index contributed by atoms with van der Waals surface area (Å²) in [6.07, 6.45) is 3.13. The van der Waals surface area contributed by atoms with Gasteiger partial charge < -0.3 is 29.9 Å². The summed E-state index contributed by atoms with van der Waals surface area (Å²) >= 11 is 0. The zero-order valence-corrected chi connectivity index (χ0v) is 23.4. The maximum absolute atomic E-state index is 13.6. The van der Waals surface area contributed by atoms with Crippen molar-refractivity contribution in [1.82, 2.24) is 25.5 Å². The highest BCUT2D eigenvalue weighted by Gasteiger charge is 2.58. The molecule has 1 saturated heterocycles. The van der Waals surface area contributed by atoms with Gasteiger partial charge in [-0.2, -0.15) is 0 Å². The van der Waals surface area contributed by atoms with E-state index in [1.807, 2.05) is 32.0 Å². The summed E-state index contributed by atoms with van der Waals surface area (Å²) in [5.74, 6) is -5.00. The van der Waals surface area contributed by atoms with Gasteiger partial charge in [-0.25, -0.2) is 4.98 Å². The molecule has 1 aromatic heterocycles. The molecule has 1 aromatic carbocycles. The average molecular weight is 567 g/mol.